The monoisotopic (exact) mass is 314 g/mol. The van der Waals surface area contributed by atoms with Crippen LogP contribution in [0, 0.1) is 5.92 Å². The van der Waals surface area contributed by atoms with Crippen molar-refractivity contribution in [3.05, 3.63) is 27.7 Å². The molecule has 2 N–H and O–H groups in total. The summed E-state index contributed by atoms with van der Waals surface area (Å²) in [6.07, 6.45) is 3.68. The zero-order valence-corrected chi connectivity index (χ0v) is 12.9. The Morgan fingerprint density at radius 3 is 2.55 bits per heavy atom. The first kappa shape index (κ1) is 14.5. The van der Waals surface area contributed by atoms with Crippen LogP contribution in [0.3, 0.4) is 0 Å². The topological polar surface area (TPSA) is 35.5 Å². The lowest BCUT2D eigenvalue weighted by atomic mass is 9.97. The second-order valence-corrected chi connectivity index (χ2v) is 6.64. The van der Waals surface area contributed by atoms with E-state index in [1.807, 2.05) is 0 Å². The molecular formula is C15H20Cl2N2O. The van der Waals surface area contributed by atoms with Gasteiger partial charge in [0, 0.05) is 42.8 Å². The van der Waals surface area contributed by atoms with Gasteiger partial charge in [-0.25, -0.2) is 0 Å². The Balaban J connectivity index is 1.91. The molecule has 0 spiro atoms. The summed E-state index contributed by atoms with van der Waals surface area (Å²) in [4.78, 5) is 2.43. The molecule has 0 amide bonds. The molecule has 5 heteroatoms. The van der Waals surface area contributed by atoms with Crippen LogP contribution in [0.2, 0.25) is 10.0 Å². The zero-order chi connectivity index (χ0) is 14.1. The maximum absolute atomic E-state index is 10.3. The number of hydrogen-bond donors (Lipinski definition) is 2. The summed E-state index contributed by atoms with van der Waals surface area (Å²) in [6, 6.07) is 3.54. The Hall–Kier alpha value is -0.480. The van der Waals surface area contributed by atoms with Crippen molar-refractivity contribution in [3.63, 3.8) is 0 Å². The second-order valence-electron chi connectivity index (χ2n) is 5.80. The number of aromatic hydroxyl groups is 1. The SMILES string of the molecule is Oc1cc(Cl)cc(Cl)c1[C@@H](CC1CC1)N1CCNCC1. The fourth-order valence-corrected chi connectivity index (χ4v) is 3.62. The van der Waals surface area contributed by atoms with Crippen molar-refractivity contribution >= 4 is 23.2 Å². The van der Waals surface area contributed by atoms with Crippen LogP contribution in [0.5, 0.6) is 5.75 Å². The number of hydrogen-bond acceptors (Lipinski definition) is 3. The summed E-state index contributed by atoms with van der Waals surface area (Å²) in [5, 5.41) is 14.7. The summed E-state index contributed by atoms with van der Waals surface area (Å²) in [7, 11) is 0. The normalized spacial score (nSPS) is 21.9. The first-order chi connectivity index (χ1) is 9.65. The summed E-state index contributed by atoms with van der Waals surface area (Å²) >= 11 is 12.3. The highest BCUT2D eigenvalue weighted by Crippen LogP contribution is 2.45. The lowest BCUT2D eigenvalue weighted by Gasteiger charge is -2.36. The van der Waals surface area contributed by atoms with Crippen molar-refractivity contribution < 1.29 is 5.11 Å². The molecule has 1 aromatic rings. The molecule has 0 radical (unpaired) electrons. The molecule has 20 heavy (non-hydrogen) atoms. The van der Waals surface area contributed by atoms with Crippen LogP contribution in [0.15, 0.2) is 12.1 Å². The molecule has 110 valence electrons. The Morgan fingerprint density at radius 2 is 1.95 bits per heavy atom. The Bertz CT molecular complexity index is 462. The number of nitrogens with zero attached hydrogens (tertiary/aromatic N) is 1. The number of benzene rings is 1. The minimum atomic E-state index is 0.203. The first-order valence-electron chi connectivity index (χ1n) is 7.28. The Kier molecular flexibility index (Phi) is 4.41. The molecule has 1 aliphatic carbocycles. The molecule has 1 aliphatic heterocycles. The van der Waals surface area contributed by atoms with Gasteiger partial charge in [0.1, 0.15) is 5.75 Å². The second kappa shape index (κ2) is 6.10. The minimum absolute atomic E-state index is 0.203. The molecule has 1 aromatic carbocycles. The number of phenols is 1. The maximum atomic E-state index is 10.3. The molecule has 1 saturated heterocycles. The standard InChI is InChI=1S/C15H20Cl2N2O/c16-11-8-12(17)15(14(20)9-11)13(7-10-1-2-10)19-5-3-18-4-6-19/h8-10,13,18,20H,1-7H2/t13-/m1/s1. The van der Waals surface area contributed by atoms with E-state index in [4.69, 9.17) is 23.2 Å². The first-order valence-corrected chi connectivity index (χ1v) is 8.03. The number of rotatable bonds is 4. The highest BCUT2D eigenvalue weighted by atomic mass is 35.5. The van der Waals surface area contributed by atoms with Gasteiger partial charge >= 0.3 is 0 Å². The summed E-state index contributed by atoms with van der Waals surface area (Å²) in [6.45, 7) is 3.98. The lowest BCUT2D eigenvalue weighted by molar-refractivity contribution is 0.158. The van der Waals surface area contributed by atoms with Crippen LogP contribution >= 0.6 is 23.2 Å². The van der Waals surface area contributed by atoms with Gasteiger partial charge < -0.3 is 10.4 Å². The summed E-state index contributed by atoms with van der Waals surface area (Å²) in [5.41, 5.74) is 0.852. The van der Waals surface area contributed by atoms with E-state index in [0.29, 0.717) is 10.0 Å². The third-order valence-corrected chi connectivity index (χ3v) is 4.78. The van der Waals surface area contributed by atoms with Crippen LogP contribution in [0.4, 0.5) is 0 Å². The predicted molar refractivity (Wildman–Crippen MR) is 82.7 cm³/mol. The van der Waals surface area contributed by atoms with Crippen LogP contribution in [0.1, 0.15) is 30.9 Å². The van der Waals surface area contributed by atoms with Crippen molar-refractivity contribution in [1.82, 2.24) is 10.2 Å². The highest BCUT2D eigenvalue weighted by Gasteiger charge is 2.33. The molecule has 2 aliphatic rings. The highest BCUT2D eigenvalue weighted by molar-refractivity contribution is 6.35. The quantitative estimate of drug-likeness (QED) is 0.893. The van der Waals surface area contributed by atoms with E-state index >= 15 is 0 Å². The molecule has 0 aromatic heterocycles. The van der Waals surface area contributed by atoms with Gasteiger partial charge in [0.15, 0.2) is 0 Å². The molecule has 0 unspecified atom stereocenters. The van der Waals surface area contributed by atoms with Gasteiger partial charge in [0.2, 0.25) is 0 Å². The predicted octanol–water partition coefficient (Wildman–Crippen LogP) is 3.45. The van der Waals surface area contributed by atoms with E-state index in [1.165, 1.54) is 12.8 Å². The Morgan fingerprint density at radius 1 is 1.25 bits per heavy atom. The molecule has 1 atom stereocenters. The molecule has 0 bridgehead atoms. The maximum Gasteiger partial charge on any atom is 0.123 e. The lowest BCUT2D eigenvalue weighted by Crippen LogP contribution is -2.45. The number of phenolic OH excluding ortho intramolecular Hbond substituents is 1. The average molecular weight is 315 g/mol. The molecule has 1 heterocycles. The minimum Gasteiger partial charge on any atom is -0.508 e. The van der Waals surface area contributed by atoms with Gasteiger partial charge in [-0.2, -0.15) is 0 Å². The van der Waals surface area contributed by atoms with E-state index in [0.717, 1.165) is 44.1 Å². The fourth-order valence-electron chi connectivity index (χ4n) is 3.01. The average Bonchev–Trinajstić information content (AvgIpc) is 3.21. The van der Waals surface area contributed by atoms with Crippen molar-refractivity contribution in [2.24, 2.45) is 5.92 Å². The molecule has 3 rings (SSSR count). The van der Waals surface area contributed by atoms with Gasteiger partial charge in [-0.05, 0) is 24.5 Å². The summed E-state index contributed by atoms with van der Waals surface area (Å²) < 4.78 is 0. The van der Waals surface area contributed by atoms with E-state index in [9.17, 15) is 5.11 Å². The van der Waals surface area contributed by atoms with Gasteiger partial charge in [0.25, 0.3) is 0 Å². The molecular weight excluding hydrogens is 295 g/mol. The van der Waals surface area contributed by atoms with Crippen LogP contribution in [-0.2, 0) is 0 Å². The van der Waals surface area contributed by atoms with Gasteiger partial charge in [-0.3, -0.25) is 4.90 Å². The van der Waals surface area contributed by atoms with Crippen molar-refractivity contribution in [2.75, 3.05) is 26.2 Å². The number of piperazine rings is 1. The zero-order valence-electron chi connectivity index (χ0n) is 11.4. The van der Waals surface area contributed by atoms with Gasteiger partial charge in [-0.15, -0.1) is 0 Å². The fraction of sp³-hybridized carbons (Fsp3) is 0.600. The van der Waals surface area contributed by atoms with Crippen molar-refractivity contribution in [1.29, 1.82) is 0 Å². The van der Waals surface area contributed by atoms with Gasteiger partial charge in [0.05, 0.1) is 5.02 Å². The molecule has 1 saturated carbocycles. The van der Waals surface area contributed by atoms with E-state index in [-0.39, 0.29) is 11.8 Å². The van der Waals surface area contributed by atoms with Crippen LogP contribution in [-0.4, -0.2) is 36.2 Å². The van der Waals surface area contributed by atoms with E-state index in [2.05, 4.69) is 10.2 Å². The van der Waals surface area contributed by atoms with Gasteiger partial charge in [-0.1, -0.05) is 36.0 Å². The van der Waals surface area contributed by atoms with E-state index < -0.39 is 0 Å². The third-order valence-electron chi connectivity index (χ3n) is 4.25. The number of nitrogens with one attached hydrogen (secondary N) is 1. The molecule has 2 fully saturated rings. The Labute approximate surface area is 129 Å². The van der Waals surface area contributed by atoms with E-state index in [1.54, 1.807) is 12.1 Å². The third kappa shape index (κ3) is 3.22. The van der Waals surface area contributed by atoms with Crippen molar-refractivity contribution in [3.8, 4) is 5.75 Å². The largest absolute Gasteiger partial charge is 0.508 e. The van der Waals surface area contributed by atoms with Crippen LogP contribution < -0.4 is 5.32 Å². The number of halogens is 2. The van der Waals surface area contributed by atoms with Crippen LogP contribution in [0.25, 0.3) is 0 Å². The summed E-state index contributed by atoms with van der Waals surface area (Å²) in [5.74, 6) is 1.01. The van der Waals surface area contributed by atoms with Crippen molar-refractivity contribution in [2.45, 2.75) is 25.3 Å². The molecule has 3 nitrogen and oxygen atoms in total. The smallest absolute Gasteiger partial charge is 0.123 e.